The van der Waals surface area contributed by atoms with Crippen LogP contribution >= 0.6 is 0 Å². The zero-order valence-electron chi connectivity index (χ0n) is 11.3. The van der Waals surface area contributed by atoms with E-state index in [1.54, 1.807) is 0 Å². The van der Waals surface area contributed by atoms with E-state index in [2.05, 4.69) is 0 Å². The highest BCUT2D eigenvalue weighted by Crippen LogP contribution is 2.22. The summed E-state index contributed by atoms with van der Waals surface area (Å²) in [5.74, 6) is -1.62. The van der Waals surface area contributed by atoms with Crippen molar-refractivity contribution in [2.24, 2.45) is 0 Å². The topological polar surface area (TPSA) is 46.5 Å². The maximum Gasteiger partial charge on any atom is 0.339 e. The van der Waals surface area contributed by atoms with Crippen molar-refractivity contribution in [3.05, 3.63) is 64.5 Å². The van der Waals surface area contributed by atoms with Crippen LogP contribution in [0.2, 0.25) is 0 Å². The zero-order valence-corrected chi connectivity index (χ0v) is 11.3. The van der Waals surface area contributed by atoms with Crippen LogP contribution in [-0.2, 0) is 6.61 Å². The van der Waals surface area contributed by atoms with E-state index in [0.717, 1.165) is 28.8 Å². The molecule has 0 aliphatic rings. The molecule has 1 N–H and O–H groups in total. The second kappa shape index (κ2) is 5.74. The van der Waals surface area contributed by atoms with Crippen LogP contribution in [0.5, 0.6) is 5.75 Å². The number of aromatic carboxylic acids is 1. The monoisotopic (exact) mass is 274 g/mol. The minimum atomic E-state index is -1.14. The lowest BCUT2D eigenvalue weighted by molar-refractivity contribution is 0.0691. The first-order valence-electron chi connectivity index (χ1n) is 6.19. The molecule has 0 fully saturated rings. The van der Waals surface area contributed by atoms with Crippen LogP contribution in [-0.4, -0.2) is 11.1 Å². The molecule has 4 heteroatoms. The van der Waals surface area contributed by atoms with Crippen LogP contribution in [0.25, 0.3) is 0 Å². The summed E-state index contributed by atoms with van der Waals surface area (Å²) in [6.07, 6.45) is 0. The predicted octanol–water partition coefficient (Wildman–Crippen LogP) is 3.72. The Balaban J connectivity index is 2.24. The molecule has 20 heavy (non-hydrogen) atoms. The van der Waals surface area contributed by atoms with E-state index >= 15 is 0 Å². The van der Waals surface area contributed by atoms with Crippen LogP contribution < -0.4 is 4.74 Å². The lowest BCUT2D eigenvalue weighted by atomic mass is 10.1. The van der Waals surface area contributed by atoms with Gasteiger partial charge in [-0.2, -0.15) is 0 Å². The van der Waals surface area contributed by atoms with E-state index in [9.17, 15) is 9.18 Å². The summed E-state index contributed by atoms with van der Waals surface area (Å²) in [4.78, 5) is 11.1. The number of hydrogen-bond donors (Lipinski definition) is 1. The number of hydrogen-bond acceptors (Lipinski definition) is 2. The van der Waals surface area contributed by atoms with Gasteiger partial charge in [0.15, 0.2) is 0 Å². The molecule has 0 saturated carbocycles. The second-order valence-corrected chi connectivity index (χ2v) is 4.66. The molecule has 0 bridgehead atoms. The smallest absolute Gasteiger partial charge is 0.339 e. The molecule has 0 spiro atoms. The molecule has 0 aromatic heterocycles. The summed E-state index contributed by atoms with van der Waals surface area (Å²) in [6, 6.07) is 9.33. The molecule has 0 unspecified atom stereocenters. The van der Waals surface area contributed by atoms with E-state index in [4.69, 9.17) is 9.84 Å². The summed E-state index contributed by atoms with van der Waals surface area (Å²) in [7, 11) is 0. The third-order valence-electron chi connectivity index (χ3n) is 3.06. The standard InChI is InChI=1S/C16H15FO3/c1-10-3-4-11(2)12(7-10)9-20-15-8-13(17)5-6-14(15)16(18)19/h3-8H,9H2,1-2H3,(H,18,19). The zero-order chi connectivity index (χ0) is 14.7. The first-order valence-corrected chi connectivity index (χ1v) is 6.19. The second-order valence-electron chi connectivity index (χ2n) is 4.66. The van der Waals surface area contributed by atoms with E-state index in [-0.39, 0.29) is 17.9 Å². The molecule has 3 nitrogen and oxygen atoms in total. The number of halogens is 1. The highest BCUT2D eigenvalue weighted by molar-refractivity contribution is 5.90. The van der Waals surface area contributed by atoms with Gasteiger partial charge >= 0.3 is 5.97 Å². The van der Waals surface area contributed by atoms with Crippen molar-refractivity contribution in [1.82, 2.24) is 0 Å². The molecule has 0 saturated heterocycles. The van der Waals surface area contributed by atoms with Gasteiger partial charge in [-0.3, -0.25) is 0 Å². The van der Waals surface area contributed by atoms with Crippen LogP contribution in [0.4, 0.5) is 4.39 Å². The maximum atomic E-state index is 13.2. The number of aryl methyl sites for hydroxylation is 2. The normalized spacial score (nSPS) is 10.3. The molecule has 0 aliphatic heterocycles. The van der Waals surface area contributed by atoms with Crippen molar-refractivity contribution in [2.75, 3.05) is 0 Å². The Bertz CT molecular complexity index is 650. The minimum Gasteiger partial charge on any atom is -0.488 e. The van der Waals surface area contributed by atoms with E-state index in [1.807, 2.05) is 32.0 Å². The van der Waals surface area contributed by atoms with Gasteiger partial charge in [-0.15, -0.1) is 0 Å². The number of carboxylic acids is 1. The SMILES string of the molecule is Cc1ccc(C)c(COc2cc(F)ccc2C(=O)O)c1. The number of carboxylic acid groups (broad SMARTS) is 1. The Hall–Kier alpha value is -2.36. The Morgan fingerprint density at radius 1 is 1.20 bits per heavy atom. The van der Waals surface area contributed by atoms with Crippen molar-refractivity contribution in [2.45, 2.75) is 20.5 Å². The molecule has 2 aromatic rings. The number of carbonyl (C=O) groups is 1. The van der Waals surface area contributed by atoms with Gasteiger partial charge in [0.1, 0.15) is 23.7 Å². The Morgan fingerprint density at radius 3 is 2.65 bits per heavy atom. The van der Waals surface area contributed by atoms with Crippen LogP contribution in [0, 0.1) is 19.7 Å². The molecule has 2 rings (SSSR count). The van der Waals surface area contributed by atoms with Gasteiger partial charge in [0.2, 0.25) is 0 Å². The van der Waals surface area contributed by atoms with Gasteiger partial charge in [0.05, 0.1) is 0 Å². The van der Waals surface area contributed by atoms with Gasteiger partial charge in [-0.25, -0.2) is 9.18 Å². The Labute approximate surface area is 116 Å². The fourth-order valence-corrected chi connectivity index (χ4v) is 1.90. The average molecular weight is 274 g/mol. The van der Waals surface area contributed by atoms with Crippen LogP contribution in [0.15, 0.2) is 36.4 Å². The van der Waals surface area contributed by atoms with Gasteiger partial charge in [0, 0.05) is 6.07 Å². The molecule has 0 radical (unpaired) electrons. The first-order chi connectivity index (χ1) is 9.47. The van der Waals surface area contributed by atoms with Gasteiger partial charge in [0.25, 0.3) is 0 Å². The molecular formula is C16H15FO3. The fourth-order valence-electron chi connectivity index (χ4n) is 1.90. The quantitative estimate of drug-likeness (QED) is 0.924. The van der Waals surface area contributed by atoms with Crippen molar-refractivity contribution in [1.29, 1.82) is 0 Å². The highest BCUT2D eigenvalue weighted by atomic mass is 19.1. The first kappa shape index (κ1) is 14.1. The minimum absolute atomic E-state index is 0.0402. The summed E-state index contributed by atoms with van der Waals surface area (Å²) < 4.78 is 18.7. The van der Waals surface area contributed by atoms with Gasteiger partial charge < -0.3 is 9.84 Å². The fraction of sp³-hybridized carbons (Fsp3) is 0.188. The molecule has 104 valence electrons. The summed E-state index contributed by atoms with van der Waals surface area (Å²) in [5.41, 5.74) is 3.04. The van der Waals surface area contributed by atoms with Crippen molar-refractivity contribution < 1.29 is 19.0 Å². The number of benzene rings is 2. The van der Waals surface area contributed by atoms with Gasteiger partial charge in [-0.05, 0) is 37.1 Å². The third kappa shape index (κ3) is 3.15. The molecular weight excluding hydrogens is 259 g/mol. The van der Waals surface area contributed by atoms with Crippen LogP contribution in [0.3, 0.4) is 0 Å². The largest absolute Gasteiger partial charge is 0.488 e. The molecule has 0 heterocycles. The van der Waals surface area contributed by atoms with Crippen LogP contribution in [0.1, 0.15) is 27.0 Å². The lowest BCUT2D eigenvalue weighted by Gasteiger charge is -2.11. The maximum absolute atomic E-state index is 13.2. The summed E-state index contributed by atoms with van der Waals surface area (Å²) in [6.45, 7) is 4.12. The molecule has 2 aromatic carbocycles. The molecule has 0 aliphatic carbocycles. The van der Waals surface area contributed by atoms with Crippen molar-refractivity contribution in [3.8, 4) is 5.75 Å². The Kier molecular flexibility index (Phi) is 4.03. The molecule has 0 amide bonds. The Morgan fingerprint density at radius 2 is 1.95 bits per heavy atom. The summed E-state index contributed by atoms with van der Waals surface area (Å²) in [5, 5.41) is 9.05. The summed E-state index contributed by atoms with van der Waals surface area (Å²) >= 11 is 0. The van der Waals surface area contributed by atoms with E-state index < -0.39 is 11.8 Å². The van der Waals surface area contributed by atoms with Crippen molar-refractivity contribution in [3.63, 3.8) is 0 Å². The predicted molar refractivity (Wildman–Crippen MR) is 73.6 cm³/mol. The third-order valence-corrected chi connectivity index (χ3v) is 3.06. The van der Waals surface area contributed by atoms with E-state index in [1.165, 1.54) is 6.07 Å². The number of ether oxygens (including phenoxy) is 1. The highest BCUT2D eigenvalue weighted by Gasteiger charge is 2.12. The lowest BCUT2D eigenvalue weighted by Crippen LogP contribution is -2.05. The van der Waals surface area contributed by atoms with Crippen molar-refractivity contribution >= 4 is 5.97 Å². The average Bonchev–Trinajstić information content (AvgIpc) is 2.39. The molecule has 0 atom stereocenters. The van der Waals surface area contributed by atoms with Gasteiger partial charge in [-0.1, -0.05) is 23.8 Å². The van der Waals surface area contributed by atoms with E-state index in [0.29, 0.717) is 0 Å². The number of rotatable bonds is 4.